The third-order valence-corrected chi connectivity index (χ3v) is 8.55. The molecular formula is C31H30O11. The Morgan fingerprint density at radius 3 is 2.43 bits per heavy atom. The van der Waals surface area contributed by atoms with Crippen molar-refractivity contribution in [1.82, 2.24) is 0 Å². The molecule has 0 fully saturated rings. The second-order valence-corrected chi connectivity index (χ2v) is 10.8. The first kappa shape index (κ1) is 27.6. The van der Waals surface area contributed by atoms with Gasteiger partial charge in [0.1, 0.15) is 23.7 Å². The molecule has 2 aliphatic carbocycles. The molecular weight excluding hydrogens is 548 g/mol. The van der Waals surface area contributed by atoms with Crippen LogP contribution in [0.15, 0.2) is 59.6 Å². The number of benzene rings is 2. The Balaban J connectivity index is 1.68. The highest BCUT2D eigenvalue weighted by Crippen LogP contribution is 2.62. The van der Waals surface area contributed by atoms with Gasteiger partial charge in [0, 0.05) is 24.0 Å². The van der Waals surface area contributed by atoms with Gasteiger partial charge in [-0.2, -0.15) is 0 Å². The summed E-state index contributed by atoms with van der Waals surface area (Å²) in [4.78, 5) is 40.6. The molecule has 0 aromatic heterocycles. The van der Waals surface area contributed by atoms with E-state index in [9.17, 15) is 19.5 Å². The minimum Gasteiger partial charge on any atom is -0.493 e. The lowest BCUT2D eigenvalue weighted by Crippen LogP contribution is -2.58. The lowest BCUT2D eigenvalue weighted by atomic mass is 9.59. The molecule has 2 aromatic carbocycles. The number of carbonyl (C=O) groups is 3. The smallest absolute Gasteiger partial charge is 0.338 e. The van der Waals surface area contributed by atoms with Crippen LogP contribution >= 0.6 is 0 Å². The maximum absolute atomic E-state index is 14.6. The summed E-state index contributed by atoms with van der Waals surface area (Å²) in [5, 5.41) is 12.3. The van der Waals surface area contributed by atoms with E-state index in [1.54, 1.807) is 49.4 Å². The molecule has 0 radical (unpaired) electrons. The molecule has 0 amide bonds. The molecule has 42 heavy (non-hydrogen) atoms. The van der Waals surface area contributed by atoms with Crippen LogP contribution in [-0.4, -0.2) is 62.2 Å². The highest BCUT2D eigenvalue weighted by Gasteiger charge is 2.64. The van der Waals surface area contributed by atoms with E-state index >= 15 is 0 Å². The van der Waals surface area contributed by atoms with Crippen molar-refractivity contribution in [1.29, 1.82) is 0 Å². The molecule has 2 heterocycles. The van der Waals surface area contributed by atoms with Crippen LogP contribution in [0, 0.1) is 5.92 Å². The minimum absolute atomic E-state index is 0.0835. The van der Waals surface area contributed by atoms with Crippen LogP contribution in [0.25, 0.3) is 0 Å². The van der Waals surface area contributed by atoms with Crippen molar-refractivity contribution in [2.45, 2.75) is 44.0 Å². The van der Waals surface area contributed by atoms with Crippen LogP contribution in [0.4, 0.5) is 0 Å². The Morgan fingerprint density at radius 2 is 1.76 bits per heavy atom. The van der Waals surface area contributed by atoms with Gasteiger partial charge < -0.3 is 38.3 Å². The number of carbonyl (C=O) groups excluding carboxylic acids is 3. The average molecular weight is 579 g/mol. The SMILES string of the molecule is COC1=C(OC)C(=O)C23COc4c5c(cc(c42)C(OC(C)=O)C(C)C(C)(O)C(OC(=O)c2ccccc2)C3=C1)OCO5. The molecule has 220 valence electrons. The van der Waals surface area contributed by atoms with Crippen molar-refractivity contribution in [2.75, 3.05) is 27.6 Å². The quantitative estimate of drug-likeness (QED) is 0.524. The number of hydrogen-bond acceptors (Lipinski definition) is 11. The van der Waals surface area contributed by atoms with Crippen LogP contribution in [0.5, 0.6) is 17.2 Å². The summed E-state index contributed by atoms with van der Waals surface area (Å²) in [7, 11) is 2.72. The number of hydrogen-bond donors (Lipinski definition) is 1. The van der Waals surface area contributed by atoms with E-state index in [2.05, 4.69) is 0 Å². The van der Waals surface area contributed by atoms with Crippen LogP contribution in [0.3, 0.4) is 0 Å². The monoisotopic (exact) mass is 578 g/mol. The van der Waals surface area contributed by atoms with Crippen LogP contribution in [0.2, 0.25) is 0 Å². The summed E-state index contributed by atoms with van der Waals surface area (Å²) in [5.74, 6) is -1.93. The molecule has 0 bridgehead atoms. The first-order valence-electron chi connectivity index (χ1n) is 13.4. The third-order valence-electron chi connectivity index (χ3n) is 8.55. The van der Waals surface area contributed by atoms with Gasteiger partial charge in [-0.25, -0.2) is 4.79 Å². The maximum Gasteiger partial charge on any atom is 0.338 e. The number of esters is 2. The Morgan fingerprint density at radius 1 is 1.02 bits per heavy atom. The third kappa shape index (κ3) is 3.79. The van der Waals surface area contributed by atoms with Gasteiger partial charge in [0.15, 0.2) is 23.4 Å². The van der Waals surface area contributed by atoms with Crippen LogP contribution in [0.1, 0.15) is 48.4 Å². The predicted octanol–water partition coefficient (Wildman–Crippen LogP) is 3.29. The van der Waals surface area contributed by atoms with Crippen molar-refractivity contribution >= 4 is 17.7 Å². The van der Waals surface area contributed by atoms with Gasteiger partial charge in [0.25, 0.3) is 0 Å². The van der Waals surface area contributed by atoms with E-state index in [-0.39, 0.29) is 47.6 Å². The number of ketones is 1. The predicted molar refractivity (Wildman–Crippen MR) is 144 cm³/mol. The van der Waals surface area contributed by atoms with Gasteiger partial charge in [0.05, 0.1) is 19.8 Å². The fourth-order valence-corrected chi connectivity index (χ4v) is 6.31. The second kappa shape index (κ2) is 9.80. The zero-order valence-corrected chi connectivity index (χ0v) is 23.7. The molecule has 1 spiro atoms. The molecule has 6 rings (SSSR count). The summed E-state index contributed by atoms with van der Waals surface area (Å²) in [6.45, 7) is 4.07. The van der Waals surface area contributed by atoms with Gasteiger partial charge in [-0.05, 0) is 36.8 Å². The Kier molecular flexibility index (Phi) is 6.45. The molecule has 11 nitrogen and oxygen atoms in total. The van der Waals surface area contributed by atoms with E-state index in [1.165, 1.54) is 28.1 Å². The number of aliphatic hydroxyl groups is 1. The van der Waals surface area contributed by atoms with Gasteiger partial charge in [0.2, 0.25) is 24.1 Å². The summed E-state index contributed by atoms with van der Waals surface area (Å²) < 4.78 is 40.6. The molecule has 4 aliphatic rings. The molecule has 1 N–H and O–H groups in total. The lowest BCUT2D eigenvalue weighted by molar-refractivity contribution is -0.164. The number of Topliss-reactive ketones (excluding diaryl/α,β-unsaturated/α-hetero) is 1. The van der Waals surface area contributed by atoms with Crippen molar-refractivity contribution in [3.8, 4) is 17.2 Å². The Hall–Kier alpha value is -4.51. The molecule has 5 atom stereocenters. The topological polar surface area (TPSA) is 136 Å². The zero-order valence-electron chi connectivity index (χ0n) is 23.7. The molecule has 5 unspecified atom stereocenters. The Bertz CT molecular complexity index is 1550. The molecule has 0 saturated carbocycles. The van der Waals surface area contributed by atoms with Crippen molar-refractivity contribution in [2.24, 2.45) is 5.92 Å². The van der Waals surface area contributed by atoms with Crippen molar-refractivity contribution < 1.29 is 52.6 Å². The summed E-state index contributed by atoms with van der Waals surface area (Å²) in [6.07, 6.45) is -0.993. The summed E-state index contributed by atoms with van der Waals surface area (Å²) in [6, 6.07) is 9.93. The maximum atomic E-state index is 14.6. The molecule has 2 aromatic rings. The first-order valence-corrected chi connectivity index (χ1v) is 13.4. The normalized spacial score (nSPS) is 28.9. The fraction of sp³-hybridized carbons (Fsp3) is 0.387. The first-order chi connectivity index (χ1) is 20.1. The molecule has 0 saturated heterocycles. The van der Waals surface area contributed by atoms with Crippen LogP contribution < -0.4 is 14.2 Å². The molecule has 11 heteroatoms. The summed E-state index contributed by atoms with van der Waals surface area (Å²) >= 11 is 0. The number of ether oxygens (including phenoxy) is 7. The largest absolute Gasteiger partial charge is 0.493 e. The molecule has 2 aliphatic heterocycles. The van der Waals surface area contributed by atoms with Gasteiger partial charge in [-0.3, -0.25) is 9.59 Å². The van der Waals surface area contributed by atoms with Gasteiger partial charge in [-0.15, -0.1) is 0 Å². The fourth-order valence-electron chi connectivity index (χ4n) is 6.31. The van der Waals surface area contributed by atoms with Crippen LogP contribution in [-0.2, 0) is 34.0 Å². The van der Waals surface area contributed by atoms with E-state index in [0.717, 1.165) is 0 Å². The lowest BCUT2D eigenvalue weighted by Gasteiger charge is -2.48. The zero-order chi connectivity index (χ0) is 30.0. The van der Waals surface area contributed by atoms with Gasteiger partial charge >= 0.3 is 11.9 Å². The standard InChI is InChI=1S/C31H30O11/c1-15-23(41-16(2)32)18-11-21-24(40-14-39-21)26-22(18)31(13-38-26)19(12-20(36-4)25(37-5)27(31)33)28(30(15,3)35)42-29(34)17-9-7-6-8-10-17/h6-12,15,23,28,35H,13-14H2,1-5H3. The highest BCUT2D eigenvalue weighted by atomic mass is 16.7. The van der Waals surface area contributed by atoms with E-state index in [0.29, 0.717) is 16.9 Å². The second-order valence-electron chi connectivity index (χ2n) is 10.8. The van der Waals surface area contributed by atoms with E-state index in [1.807, 2.05) is 0 Å². The minimum atomic E-state index is -1.90. The highest BCUT2D eigenvalue weighted by molar-refractivity contribution is 6.09. The number of fused-ring (bicyclic) bond motifs is 2. The van der Waals surface area contributed by atoms with Crippen molar-refractivity contribution in [3.63, 3.8) is 0 Å². The Labute approximate surface area is 241 Å². The van der Waals surface area contributed by atoms with E-state index in [4.69, 9.17) is 33.2 Å². The number of allylic oxidation sites excluding steroid dienone is 2. The number of rotatable bonds is 5. The van der Waals surface area contributed by atoms with Gasteiger partial charge in [-0.1, -0.05) is 25.1 Å². The van der Waals surface area contributed by atoms with Crippen molar-refractivity contribution in [3.05, 3.63) is 76.3 Å². The summed E-state index contributed by atoms with van der Waals surface area (Å²) in [5.41, 5.74) is -2.39. The number of methoxy groups -OCH3 is 2. The van der Waals surface area contributed by atoms with E-state index < -0.39 is 46.9 Å². The average Bonchev–Trinajstić information content (AvgIpc) is 3.61.